The molecule has 0 radical (unpaired) electrons. The van der Waals surface area contributed by atoms with Gasteiger partial charge in [0, 0.05) is 24.7 Å². The summed E-state index contributed by atoms with van der Waals surface area (Å²) in [4.78, 5) is 0.735. The van der Waals surface area contributed by atoms with E-state index in [0.717, 1.165) is 21.8 Å². The Hall–Kier alpha value is -1.93. The Morgan fingerprint density at radius 1 is 1.07 bits per heavy atom. The highest BCUT2D eigenvalue weighted by Gasteiger charge is 2.15. The van der Waals surface area contributed by atoms with Crippen LogP contribution in [0.3, 0.4) is 0 Å². The van der Waals surface area contributed by atoms with E-state index in [4.69, 9.17) is 14.2 Å². The molecule has 0 amide bonds. The molecule has 0 bridgehead atoms. The molecule has 0 aliphatic heterocycles. The van der Waals surface area contributed by atoms with Gasteiger partial charge in [-0.25, -0.2) is 0 Å². The predicted octanol–water partition coefficient (Wildman–Crippen LogP) is 2.46. The molecular formula is C21H29NO5S. The summed E-state index contributed by atoms with van der Waals surface area (Å²) in [6.07, 6.45) is 1.02. The average Bonchev–Trinajstić information content (AvgIpc) is 2.67. The number of rotatable bonds is 11. The second-order valence-corrected chi connectivity index (χ2v) is 7.85. The van der Waals surface area contributed by atoms with Gasteiger partial charge in [-0.3, -0.25) is 0 Å². The fraction of sp³-hybridized carbons (Fsp3) is 0.429. The first-order chi connectivity index (χ1) is 13.4. The second-order valence-electron chi connectivity index (χ2n) is 6.51. The van der Waals surface area contributed by atoms with Crippen molar-refractivity contribution in [3.63, 3.8) is 0 Å². The summed E-state index contributed by atoms with van der Waals surface area (Å²) < 4.78 is 28.5. The van der Waals surface area contributed by atoms with E-state index in [2.05, 4.69) is 5.32 Å². The van der Waals surface area contributed by atoms with Crippen molar-refractivity contribution in [1.82, 2.24) is 5.32 Å². The quantitative estimate of drug-likeness (QED) is 0.440. The van der Waals surface area contributed by atoms with Crippen LogP contribution in [-0.4, -0.2) is 55.4 Å². The number of aryl methyl sites for hydroxylation is 2. The Bertz CT molecular complexity index is 754. The van der Waals surface area contributed by atoms with Crippen LogP contribution in [0.25, 0.3) is 0 Å². The van der Waals surface area contributed by atoms with Gasteiger partial charge >= 0.3 is 0 Å². The van der Waals surface area contributed by atoms with Gasteiger partial charge in [0.2, 0.25) is 0 Å². The highest BCUT2D eigenvalue weighted by atomic mass is 32.2. The van der Waals surface area contributed by atoms with Gasteiger partial charge in [0.15, 0.2) is 16.4 Å². The molecule has 0 saturated heterocycles. The normalized spacial score (nSPS) is 13.1. The lowest BCUT2D eigenvalue weighted by atomic mass is 10.2. The van der Waals surface area contributed by atoms with E-state index in [1.165, 1.54) is 0 Å². The standard InChI is InChI=1S/C21H29NO5S/c1-15-7-5-6-8-18(15)27-14-17(23)13-22-9-10-26-20-11-16(2)21(28(4)24)12-19(20)25-3/h5-8,11-12,17,22-23H,9-10,13-14H2,1-4H3. The number of hydrogen-bond donors (Lipinski definition) is 2. The van der Waals surface area contributed by atoms with Gasteiger partial charge in [-0.15, -0.1) is 0 Å². The van der Waals surface area contributed by atoms with Crippen LogP contribution < -0.4 is 19.5 Å². The molecular weight excluding hydrogens is 378 g/mol. The Labute approximate surface area is 170 Å². The molecule has 0 spiro atoms. The fourth-order valence-corrected chi connectivity index (χ4v) is 3.48. The van der Waals surface area contributed by atoms with Crippen molar-refractivity contribution < 1.29 is 23.9 Å². The molecule has 6 nitrogen and oxygen atoms in total. The molecule has 2 N–H and O–H groups in total. The first kappa shape index (κ1) is 22.4. The number of nitrogens with one attached hydrogen (secondary N) is 1. The monoisotopic (exact) mass is 407 g/mol. The van der Waals surface area contributed by atoms with Crippen molar-refractivity contribution >= 4 is 11.2 Å². The van der Waals surface area contributed by atoms with Gasteiger partial charge in [-0.1, -0.05) is 18.2 Å². The molecule has 2 aromatic rings. The van der Waals surface area contributed by atoms with E-state index in [1.54, 1.807) is 19.4 Å². The maximum Gasteiger partial charge on any atom is 0.165 e. The van der Waals surface area contributed by atoms with Gasteiger partial charge in [-0.05, 0) is 42.7 Å². The van der Waals surface area contributed by atoms with Crippen LogP contribution in [0, 0.1) is 13.8 Å². The molecule has 0 heterocycles. The van der Waals surface area contributed by atoms with Gasteiger partial charge in [0.1, 0.15) is 31.3 Å². The zero-order chi connectivity index (χ0) is 20.5. The van der Waals surface area contributed by atoms with E-state index >= 15 is 0 Å². The number of aliphatic hydroxyl groups excluding tert-OH is 1. The molecule has 28 heavy (non-hydrogen) atoms. The molecule has 0 saturated carbocycles. The van der Waals surface area contributed by atoms with Crippen molar-refractivity contribution in [3.05, 3.63) is 47.5 Å². The molecule has 7 heteroatoms. The van der Waals surface area contributed by atoms with Crippen LogP contribution in [0.5, 0.6) is 17.2 Å². The SMILES string of the molecule is COc1cc([S+](C)[O-])c(C)cc1OCCNCC(O)COc1ccccc1C. The van der Waals surface area contributed by atoms with Gasteiger partial charge in [-0.2, -0.15) is 0 Å². The van der Waals surface area contributed by atoms with Crippen LogP contribution in [0.15, 0.2) is 41.3 Å². The lowest BCUT2D eigenvalue weighted by molar-refractivity contribution is 0.105. The van der Waals surface area contributed by atoms with Crippen LogP contribution >= 0.6 is 0 Å². The summed E-state index contributed by atoms with van der Waals surface area (Å²) in [6, 6.07) is 11.3. The molecule has 2 rings (SSSR count). The minimum Gasteiger partial charge on any atom is -0.612 e. The van der Waals surface area contributed by atoms with Crippen molar-refractivity contribution in [3.8, 4) is 17.2 Å². The van der Waals surface area contributed by atoms with E-state index < -0.39 is 17.3 Å². The summed E-state index contributed by atoms with van der Waals surface area (Å²) in [5.41, 5.74) is 1.94. The fourth-order valence-electron chi connectivity index (χ4n) is 2.69. The van der Waals surface area contributed by atoms with Gasteiger partial charge in [0.25, 0.3) is 0 Å². The number of para-hydroxylation sites is 1. The summed E-state index contributed by atoms with van der Waals surface area (Å²) in [5, 5.41) is 13.2. The summed E-state index contributed by atoms with van der Waals surface area (Å²) in [5.74, 6) is 1.95. The van der Waals surface area contributed by atoms with Crippen LogP contribution in [-0.2, 0) is 11.2 Å². The Morgan fingerprint density at radius 3 is 2.50 bits per heavy atom. The van der Waals surface area contributed by atoms with Crippen molar-refractivity contribution in [2.45, 2.75) is 24.8 Å². The number of hydrogen-bond acceptors (Lipinski definition) is 6. The molecule has 0 aliphatic carbocycles. The number of ether oxygens (including phenoxy) is 3. The minimum absolute atomic E-state index is 0.224. The Balaban J connectivity index is 1.72. The molecule has 0 fully saturated rings. The third kappa shape index (κ3) is 6.60. The number of aliphatic hydroxyl groups is 1. The van der Waals surface area contributed by atoms with Crippen molar-refractivity contribution in [2.75, 3.05) is 39.7 Å². The maximum atomic E-state index is 11.7. The number of benzene rings is 2. The summed E-state index contributed by atoms with van der Waals surface area (Å²) in [6.45, 7) is 5.46. The van der Waals surface area contributed by atoms with Crippen LogP contribution in [0.2, 0.25) is 0 Å². The summed E-state index contributed by atoms with van der Waals surface area (Å²) in [7, 11) is 1.56. The van der Waals surface area contributed by atoms with Gasteiger partial charge < -0.3 is 29.2 Å². The highest BCUT2D eigenvalue weighted by Crippen LogP contribution is 2.32. The lowest BCUT2D eigenvalue weighted by Gasteiger charge is -2.16. The third-order valence-electron chi connectivity index (χ3n) is 4.21. The molecule has 2 aromatic carbocycles. The van der Waals surface area contributed by atoms with Crippen LogP contribution in [0.1, 0.15) is 11.1 Å². The zero-order valence-corrected chi connectivity index (χ0v) is 17.7. The first-order valence-electron chi connectivity index (χ1n) is 9.14. The smallest absolute Gasteiger partial charge is 0.165 e. The minimum atomic E-state index is -1.08. The highest BCUT2D eigenvalue weighted by molar-refractivity contribution is 7.90. The zero-order valence-electron chi connectivity index (χ0n) is 16.9. The van der Waals surface area contributed by atoms with E-state index in [0.29, 0.717) is 31.2 Å². The summed E-state index contributed by atoms with van der Waals surface area (Å²) >= 11 is -1.08. The Kier molecular flexibility index (Phi) is 8.92. The van der Waals surface area contributed by atoms with Crippen molar-refractivity contribution in [2.24, 2.45) is 0 Å². The van der Waals surface area contributed by atoms with E-state index in [9.17, 15) is 9.66 Å². The first-order valence-corrected chi connectivity index (χ1v) is 10.7. The molecule has 2 unspecified atom stereocenters. The Morgan fingerprint density at radius 2 is 1.82 bits per heavy atom. The molecule has 0 aliphatic rings. The maximum absolute atomic E-state index is 11.7. The van der Waals surface area contributed by atoms with Crippen molar-refractivity contribution in [1.29, 1.82) is 0 Å². The topological polar surface area (TPSA) is 83.0 Å². The van der Waals surface area contributed by atoms with E-state index in [1.807, 2.05) is 44.2 Å². The third-order valence-corrected chi connectivity index (χ3v) is 5.27. The largest absolute Gasteiger partial charge is 0.612 e. The van der Waals surface area contributed by atoms with E-state index in [-0.39, 0.29) is 6.61 Å². The molecule has 2 atom stereocenters. The molecule has 154 valence electrons. The molecule has 0 aromatic heterocycles. The average molecular weight is 408 g/mol. The van der Waals surface area contributed by atoms with Gasteiger partial charge in [0.05, 0.1) is 7.11 Å². The predicted molar refractivity (Wildman–Crippen MR) is 111 cm³/mol. The van der Waals surface area contributed by atoms with Crippen LogP contribution in [0.4, 0.5) is 0 Å². The number of methoxy groups -OCH3 is 1. The lowest BCUT2D eigenvalue weighted by Crippen LogP contribution is -2.33. The second kappa shape index (κ2) is 11.2.